The second kappa shape index (κ2) is 8.16. The molecule has 0 aliphatic heterocycles. The highest BCUT2D eigenvalue weighted by molar-refractivity contribution is 7.20. The number of aromatic nitrogens is 2. The lowest BCUT2D eigenvalue weighted by atomic mass is 9.96. The maximum Gasteiger partial charge on any atom is 0.265 e. The van der Waals surface area contributed by atoms with Crippen LogP contribution in [0.1, 0.15) is 60.4 Å². The van der Waals surface area contributed by atoms with Gasteiger partial charge in [-0.15, -0.1) is 11.3 Å². The fraction of sp³-hybridized carbons (Fsp3) is 0.381. The number of halogens is 1. The van der Waals surface area contributed by atoms with E-state index in [0.717, 1.165) is 28.8 Å². The first-order valence-electron chi connectivity index (χ1n) is 9.79. The Morgan fingerprint density at radius 1 is 1.17 bits per heavy atom. The van der Waals surface area contributed by atoms with Crippen LogP contribution in [0, 0.1) is 6.92 Å². The van der Waals surface area contributed by atoms with E-state index in [0.29, 0.717) is 27.3 Å². The molecule has 0 spiro atoms. The zero-order valence-electron chi connectivity index (χ0n) is 16.4. The molecule has 152 valence electrons. The van der Waals surface area contributed by atoms with Gasteiger partial charge in [-0.05, 0) is 44.0 Å². The summed E-state index contributed by atoms with van der Waals surface area (Å²) in [5.74, 6) is -0.375. The Balaban J connectivity index is 1.56. The molecule has 1 saturated carbocycles. The zero-order chi connectivity index (χ0) is 20.5. The summed E-state index contributed by atoms with van der Waals surface area (Å²) in [5, 5.41) is 11.7. The van der Waals surface area contributed by atoms with Crippen LogP contribution in [-0.2, 0) is 4.79 Å². The second-order valence-electron chi connectivity index (χ2n) is 7.48. The van der Waals surface area contributed by atoms with Crippen molar-refractivity contribution in [3.8, 4) is 0 Å². The fourth-order valence-electron chi connectivity index (χ4n) is 3.83. The molecule has 6 nitrogen and oxygen atoms in total. The van der Waals surface area contributed by atoms with Crippen LogP contribution in [0.5, 0.6) is 0 Å². The summed E-state index contributed by atoms with van der Waals surface area (Å²) in [6.07, 6.45) is 6.06. The molecule has 0 atom stereocenters. The van der Waals surface area contributed by atoms with E-state index in [1.165, 1.54) is 37.5 Å². The summed E-state index contributed by atoms with van der Waals surface area (Å²) < 4.78 is 2.13. The van der Waals surface area contributed by atoms with Crippen molar-refractivity contribution in [3.63, 3.8) is 0 Å². The van der Waals surface area contributed by atoms with E-state index >= 15 is 0 Å². The molecule has 2 heterocycles. The number of nitrogens with zero attached hydrogens (tertiary/aromatic N) is 2. The van der Waals surface area contributed by atoms with Crippen molar-refractivity contribution in [1.29, 1.82) is 0 Å². The van der Waals surface area contributed by atoms with Crippen molar-refractivity contribution in [2.45, 2.75) is 52.0 Å². The minimum Gasteiger partial charge on any atom is -0.325 e. The summed E-state index contributed by atoms with van der Waals surface area (Å²) in [6, 6.07) is 7.37. The van der Waals surface area contributed by atoms with Crippen LogP contribution in [0.2, 0.25) is 5.02 Å². The van der Waals surface area contributed by atoms with Gasteiger partial charge in [-0.2, -0.15) is 5.10 Å². The van der Waals surface area contributed by atoms with E-state index in [1.807, 2.05) is 13.0 Å². The topological polar surface area (TPSA) is 76.0 Å². The number of carbonyl (C=O) groups excluding carboxylic acids is 2. The first kappa shape index (κ1) is 19.9. The molecule has 29 heavy (non-hydrogen) atoms. The van der Waals surface area contributed by atoms with Crippen LogP contribution in [0.15, 0.2) is 24.3 Å². The van der Waals surface area contributed by atoms with Gasteiger partial charge < -0.3 is 10.6 Å². The third-order valence-electron chi connectivity index (χ3n) is 5.25. The first-order chi connectivity index (χ1) is 13.9. The molecule has 4 rings (SSSR count). The van der Waals surface area contributed by atoms with Crippen molar-refractivity contribution in [2.75, 3.05) is 10.6 Å². The number of carbonyl (C=O) groups is 2. The highest BCUT2D eigenvalue weighted by Gasteiger charge is 2.22. The lowest BCUT2D eigenvalue weighted by molar-refractivity contribution is -0.114. The summed E-state index contributed by atoms with van der Waals surface area (Å²) in [5.41, 5.74) is 2.06. The first-order valence-corrected chi connectivity index (χ1v) is 11.0. The molecule has 0 bridgehead atoms. The minimum atomic E-state index is -0.198. The van der Waals surface area contributed by atoms with Gasteiger partial charge in [0.2, 0.25) is 5.91 Å². The van der Waals surface area contributed by atoms with Crippen LogP contribution >= 0.6 is 22.9 Å². The predicted molar refractivity (Wildman–Crippen MR) is 118 cm³/mol. The molecule has 1 aliphatic carbocycles. The molecule has 2 amide bonds. The molecule has 3 aromatic rings. The van der Waals surface area contributed by atoms with Crippen molar-refractivity contribution >= 4 is 56.3 Å². The van der Waals surface area contributed by atoms with Gasteiger partial charge in [-0.25, -0.2) is 0 Å². The third-order valence-corrected chi connectivity index (χ3v) is 6.69. The van der Waals surface area contributed by atoms with Crippen molar-refractivity contribution in [2.24, 2.45) is 0 Å². The quantitative estimate of drug-likeness (QED) is 0.551. The maximum atomic E-state index is 12.8. The minimum absolute atomic E-state index is 0.177. The monoisotopic (exact) mass is 430 g/mol. The molecule has 2 N–H and O–H groups in total. The van der Waals surface area contributed by atoms with Crippen molar-refractivity contribution in [3.05, 3.63) is 39.9 Å². The lowest BCUT2D eigenvalue weighted by Gasteiger charge is -2.22. The van der Waals surface area contributed by atoms with Crippen LogP contribution in [-0.4, -0.2) is 21.6 Å². The van der Waals surface area contributed by atoms with Gasteiger partial charge in [-0.3, -0.25) is 14.3 Å². The highest BCUT2D eigenvalue weighted by atomic mass is 35.5. The number of rotatable bonds is 4. The number of hydrogen-bond acceptors (Lipinski definition) is 4. The van der Waals surface area contributed by atoms with Gasteiger partial charge >= 0.3 is 0 Å². The van der Waals surface area contributed by atoms with Crippen LogP contribution in [0.25, 0.3) is 10.2 Å². The number of amides is 2. The maximum absolute atomic E-state index is 12.8. The number of benzene rings is 1. The smallest absolute Gasteiger partial charge is 0.265 e. The molecule has 1 aliphatic rings. The van der Waals surface area contributed by atoms with E-state index in [9.17, 15) is 9.59 Å². The average molecular weight is 431 g/mol. The van der Waals surface area contributed by atoms with E-state index in [-0.39, 0.29) is 11.8 Å². The summed E-state index contributed by atoms with van der Waals surface area (Å²) in [6.45, 7) is 3.42. The number of thiophene rings is 1. The number of hydrogen-bond donors (Lipinski definition) is 2. The molecule has 8 heteroatoms. The highest BCUT2D eigenvalue weighted by Crippen LogP contribution is 2.36. The van der Waals surface area contributed by atoms with Gasteiger partial charge in [0, 0.05) is 18.0 Å². The van der Waals surface area contributed by atoms with E-state index in [4.69, 9.17) is 16.7 Å². The van der Waals surface area contributed by atoms with E-state index < -0.39 is 0 Å². The molecule has 2 aromatic heterocycles. The Morgan fingerprint density at radius 2 is 1.93 bits per heavy atom. The standard InChI is InChI=1S/C21H23ClN4O2S/c1-12-16-11-19(29-21(16)26(25-12)15-6-4-3-5-7-15)20(28)24-14-8-9-18(17(22)10-14)23-13(2)27/h8-11,15H,3-7H2,1-2H3,(H,23,27)(H,24,28). The summed E-state index contributed by atoms with van der Waals surface area (Å²) in [7, 11) is 0. The Hall–Kier alpha value is -2.38. The van der Waals surface area contributed by atoms with Gasteiger partial charge in [0.05, 0.1) is 27.3 Å². The Morgan fingerprint density at radius 3 is 2.62 bits per heavy atom. The van der Waals surface area contributed by atoms with Gasteiger partial charge in [0.15, 0.2) is 0 Å². The van der Waals surface area contributed by atoms with Gasteiger partial charge in [-0.1, -0.05) is 30.9 Å². The number of nitrogens with one attached hydrogen (secondary N) is 2. The van der Waals surface area contributed by atoms with E-state index in [1.54, 1.807) is 18.2 Å². The largest absolute Gasteiger partial charge is 0.325 e. The molecule has 1 aromatic carbocycles. The van der Waals surface area contributed by atoms with Gasteiger partial charge in [0.1, 0.15) is 4.83 Å². The van der Waals surface area contributed by atoms with Gasteiger partial charge in [0.25, 0.3) is 5.91 Å². The normalized spacial score (nSPS) is 14.9. The van der Waals surface area contributed by atoms with Crippen molar-refractivity contribution in [1.82, 2.24) is 9.78 Å². The molecule has 1 fully saturated rings. The van der Waals surface area contributed by atoms with Crippen LogP contribution in [0.3, 0.4) is 0 Å². The number of anilines is 2. The van der Waals surface area contributed by atoms with Crippen LogP contribution in [0.4, 0.5) is 11.4 Å². The summed E-state index contributed by atoms with van der Waals surface area (Å²) >= 11 is 7.68. The third kappa shape index (κ3) is 4.16. The van der Waals surface area contributed by atoms with Crippen LogP contribution < -0.4 is 10.6 Å². The zero-order valence-corrected chi connectivity index (χ0v) is 18.0. The predicted octanol–water partition coefficient (Wildman–Crippen LogP) is 5.78. The molecule has 0 saturated heterocycles. The number of fused-ring (bicyclic) bond motifs is 1. The molecule has 0 unspecified atom stereocenters. The van der Waals surface area contributed by atoms with Crippen molar-refractivity contribution < 1.29 is 9.59 Å². The molecule has 0 radical (unpaired) electrons. The summed E-state index contributed by atoms with van der Waals surface area (Å²) in [4.78, 5) is 25.7. The molecular formula is C21H23ClN4O2S. The Labute approximate surface area is 178 Å². The molecular weight excluding hydrogens is 408 g/mol. The Kier molecular flexibility index (Phi) is 5.61. The Bertz CT molecular complexity index is 1080. The lowest BCUT2D eigenvalue weighted by Crippen LogP contribution is -2.14. The SMILES string of the molecule is CC(=O)Nc1ccc(NC(=O)c2cc3c(C)nn(C4CCCCC4)c3s2)cc1Cl. The van der Waals surface area contributed by atoms with E-state index in [2.05, 4.69) is 15.3 Å². The second-order valence-corrected chi connectivity index (χ2v) is 8.92. The fourth-order valence-corrected chi connectivity index (χ4v) is 5.19. The number of aryl methyl sites for hydroxylation is 1. The average Bonchev–Trinajstić information content (AvgIpc) is 3.25.